The minimum Gasteiger partial charge on any atom is -0.507 e. The molecule has 1 aromatic heterocycles. The number of hydrogen-bond donors (Lipinski definition) is 2. The number of hydrogen-bond acceptors (Lipinski definition) is 5. The molecule has 0 amide bonds. The zero-order valence-electron chi connectivity index (χ0n) is 17.4. The fourth-order valence-electron chi connectivity index (χ4n) is 3.62. The van der Waals surface area contributed by atoms with Gasteiger partial charge in [0.05, 0.1) is 25.9 Å². The first-order valence-electron chi connectivity index (χ1n) is 10.4. The van der Waals surface area contributed by atoms with Crippen molar-refractivity contribution in [2.24, 2.45) is 4.99 Å². The van der Waals surface area contributed by atoms with Crippen LogP contribution in [0.4, 0.5) is 5.69 Å². The molecule has 5 rings (SSSR count). The number of phenolic OH excluding ortho intramolecular Hbond substituents is 2. The molecule has 1 heterocycles. The van der Waals surface area contributed by atoms with Gasteiger partial charge in [-0.3, -0.25) is 4.99 Å². The molecule has 0 spiro atoms. The third kappa shape index (κ3) is 4.67. The second-order valence-corrected chi connectivity index (χ2v) is 9.51. The van der Waals surface area contributed by atoms with Crippen molar-refractivity contribution < 1.29 is 10.2 Å². The van der Waals surface area contributed by atoms with E-state index in [2.05, 4.69) is 38.0 Å². The Balaban J connectivity index is 1.46. The molecule has 5 aromatic rings. The van der Waals surface area contributed by atoms with E-state index >= 15 is 0 Å². The van der Waals surface area contributed by atoms with Gasteiger partial charge in [-0.15, -0.1) is 11.3 Å². The van der Waals surface area contributed by atoms with E-state index in [-0.39, 0.29) is 11.5 Å². The highest BCUT2D eigenvalue weighted by Crippen LogP contribution is 2.37. The number of rotatable bonds is 5. The minimum atomic E-state index is 0.140. The van der Waals surface area contributed by atoms with Crippen LogP contribution < -0.4 is 0 Å². The smallest absolute Gasteiger partial charge is 0.138 e. The summed E-state index contributed by atoms with van der Waals surface area (Å²) in [5.41, 5.74) is 5.06. The number of aromatic hydroxyl groups is 2. The van der Waals surface area contributed by atoms with Gasteiger partial charge >= 0.3 is 0 Å². The number of halogens is 1. The summed E-state index contributed by atoms with van der Waals surface area (Å²) in [5, 5.41) is 21.7. The summed E-state index contributed by atoms with van der Waals surface area (Å²) in [6, 6.07) is 27.1. The highest BCUT2D eigenvalue weighted by molar-refractivity contribution is 9.10. The van der Waals surface area contributed by atoms with Crippen molar-refractivity contribution in [2.75, 3.05) is 0 Å². The van der Waals surface area contributed by atoms with Crippen molar-refractivity contribution in [1.82, 2.24) is 4.98 Å². The van der Waals surface area contributed by atoms with E-state index in [4.69, 9.17) is 0 Å². The van der Waals surface area contributed by atoms with E-state index in [0.29, 0.717) is 21.3 Å². The molecule has 0 unspecified atom stereocenters. The maximum Gasteiger partial charge on any atom is 0.138 e. The quantitative estimate of drug-likeness (QED) is 0.239. The SMILES string of the molecule is Oc1ccc(N=Cc2cc(Cc3ccccc3)cc(Br)c2O)cc1-c1nc2ccccc2s1. The van der Waals surface area contributed by atoms with Gasteiger partial charge in [-0.2, -0.15) is 0 Å². The topological polar surface area (TPSA) is 65.7 Å². The molecular formula is C27H19BrN2O2S. The number of phenols is 2. The summed E-state index contributed by atoms with van der Waals surface area (Å²) >= 11 is 4.98. The van der Waals surface area contributed by atoms with E-state index in [1.165, 1.54) is 16.9 Å². The number of para-hydroxylation sites is 1. The molecule has 0 aliphatic heterocycles. The third-order valence-electron chi connectivity index (χ3n) is 5.26. The van der Waals surface area contributed by atoms with Gasteiger partial charge in [0.2, 0.25) is 0 Å². The van der Waals surface area contributed by atoms with Crippen molar-refractivity contribution in [3.05, 3.63) is 106 Å². The molecule has 2 N–H and O–H groups in total. The second kappa shape index (κ2) is 9.17. The average Bonchev–Trinajstić information content (AvgIpc) is 3.26. The van der Waals surface area contributed by atoms with Gasteiger partial charge in [0.15, 0.2) is 0 Å². The molecule has 0 saturated heterocycles. The van der Waals surface area contributed by atoms with Crippen molar-refractivity contribution >= 4 is 49.4 Å². The van der Waals surface area contributed by atoms with E-state index in [1.54, 1.807) is 18.3 Å². The number of benzene rings is 4. The summed E-state index contributed by atoms with van der Waals surface area (Å²) in [6.07, 6.45) is 2.39. The predicted octanol–water partition coefficient (Wildman–Crippen LogP) is 7.48. The Hall–Kier alpha value is -3.48. The molecule has 0 aliphatic carbocycles. The van der Waals surface area contributed by atoms with Crippen LogP contribution in [0.1, 0.15) is 16.7 Å². The van der Waals surface area contributed by atoms with E-state index in [0.717, 1.165) is 27.2 Å². The number of nitrogens with zero attached hydrogens (tertiary/aromatic N) is 2. The lowest BCUT2D eigenvalue weighted by Crippen LogP contribution is -1.92. The van der Waals surface area contributed by atoms with Gasteiger partial charge in [0.1, 0.15) is 16.5 Å². The number of thiazole rings is 1. The monoisotopic (exact) mass is 514 g/mol. The largest absolute Gasteiger partial charge is 0.507 e. The molecule has 162 valence electrons. The first-order chi connectivity index (χ1) is 16.1. The average molecular weight is 515 g/mol. The first-order valence-corrected chi connectivity index (χ1v) is 12.0. The second-order valence-electron chi connectivity index (χ2n) is 7.62. The van der Waals surface area contributed by atoms with Crippen LogP contribution in [0.25, 0.3) is 20.8 Å². The van der Waals surface area contributed by atoms with Crippen LogP contribution >= 0.6 is 27.3 Å². The van der Waals surface area contributed by atoms with E-state index < -0.39 is 0 Å². The van der Waals surface area contributed by atoms with Crippen molar-refractivity contribution in [3.63, 3.8) is 0 Å². The predicted molar refractivity (Wildman–Crippen MR) is 139 cm³/mol. The Morgan fingerprint density at radius 3 is 2.48 bits per heavy atom. The molecule has 4 nitrogen and oxygen atoms in total. The normalized spacial score (nSPS) is 11.4. The van der Waals surface area contributed by atoms with Crippen LogP contribution in [0.3, 0.4) is 0 Å². The minimum absolute atomic E-state index is 0.140. The van der Waals surface area contributed by atoms with Gasteiger partial charge in [0.25, 0.3) is 0 Å². The molecule has 6 heteroatoms. The standard InChI is InChI=1S/C27H19BrN2O2S/c28-22-14-18(12-17-6-2-1-3-7-17)13-19(26(22)32)16-29-20-10-11-24(31)21(15-20)27-30-23-8-4-5-9-25(23)33-27/h1-11,13-16,31-32H,12H2. The Kier molecular flexibility index (Phi) is 5.94. The maximum absolute atomic E-state index is 10.5. The zero-order valence-corrected chi connectivity index (χ0v) is 19.8. The molecule has 0 aliphatic rings. The number of fused-ring (bicyclic) bond motifs is 1. The number of aromatic nitrogens is 1. The van der Waals surface area contributed by atoms with Crippen molar-refractivity contribution in [2.45, 2.75) is 6.42 Å². The highest BCUT2D eigenvalue weighted by atomic mass is 79.9. The molecule has 0 fully saturated rings. The van der Waals surface area contributed by atoms with Gasteiger partial charge in [-0.05, 0) is 75.9 Å². The van der Waals surface area contributed by atoms with Crippen LogP contribution in [-0.4, -0.2) is 21.4 Å². The van der Waals surface area contributed by atoms with Crippen molar-refractivity contribution in [1.29, 1.82) is 0 Å². The zero-order chi connectivity index (χ0) is 22.8. The van der Waals surface area contributed by atoms with Crippen LogP contribution in [0.2, 0.25) is 0 Å². The lowest BCUT2D eigenvalue weighted by molar-refractivity contribution is 0.471. The maximum atomic E-state index is 10.5. The summed E-state index contributed by atoms with van der Waals surface area (Å²) in [4.78, 5) is 9.21. The Morgan fingerprint density at radius 1 is 0.879 bits per heavy atom. The van der Waals surface area contributed by atoms with E-state index in [1.807, 2.05) is 60.7 Å². The molecule has 33 heavy (non-hydrogen) atoms. The first kappa shape index (κ1) is 21.4. The fraction of sp³-hybridized carbons (Fsp3) is 0.0370. The van der Waals surface area contributed by atoms with Gasteiger partial charge in [-0.25, -0.2) is 4.98 Å². The van der Waals surface area contributed by atoms with E-state index in [9.17, 15) is 10.2 Å². The fourth-order valence-corrected chi connectivity index (χ4v) is 5.13. The Bertz CT molecular complexity index is 1450. The number of aliphatic imine (C=N–C) groups is 1. The molecule has 0 saturated carbocycles. The Morgan fingerprint density at radius 2 is 1.67 bits per heavy atom. The molecule has 0 radical (unpaired) electrons. The summed E-state index contributed by atoms with van der Waals surface area (Å²) in [6.45, 7) is 0. The summed E-state index contributed by atoms with van der Waals surface area (Å²) in [5.74, 6) is 0.296. The Labute approximate surface area is 203 Å². The van der Waals surface area contributed by atoms with Gasteiger partial charge < -0.3 is 10.2 Å². The molecule has 0 atom stereocenters. The van der Waals surface area contributed by atoms with Crippen LogP contribution in [-0.2, 0) is 6.42 Å². The molecular weight excluding hydrogens is 496 g/mol. The van der Waals surface area contributed by atoms with Crippen LogP contribution in [0.5, 0.6) is 11.5 Å². The van der Waals surface area contributed by atoms with Gasteiger partial charge in [-0.1, -0.05) is 42.5 Å². The lowest BCUT2D eigenvalue weighted by atomic mass is 10.0. The molecule has 0 bridgehead atoms. The summed E-state index contributed by atoms with van der Waals surface area (Å²) in [7, 11) is 0. The van der Waals surface area contributed by atoms with Crippen LogP contribution in [0.15, 0.2) is 94.4 Å². The van der Waals surface area contributed by atoms with Crippen LogP contribution in [0, 0.1) is 0 Å². The molecule has 4 aromatic carbocycles. The highest BCUT2D eigenvalue weighted by Gasteiger charge is 2.12. The summed E-state index contributed by atoms with van der Waals surface area (Å²) < 4.78 is 1.68. The van der Waals surface area contributed by atoms with Gasteiger partial charge in [0, 0.05) is 11.8 Å². The van der Waals surface area contributed by atoms with Crippen molar-refractivity contribution in [3.8, 4) is 22.1 Å². The lowest BCUT2D eigenvalue weighted by Gasteiger charge is -2.08. The third-order valence-corrected chi connectivity index (χ3v) is 6.94.